The first kappa shape index (κ1) is 18.3. The van der Waals surface area contributed by atoms with E-state index in [0.29, 0.717) is 13.0 Å². The third-order valence-electron chi connectivity index (χ3n) is 3.71. The molecule has 1 aromatic carbocycles. The molecular weight excluding hydrogens is 322 g/mol. The number of nitrogens with one attached hydrogen (secondary N) is 1. The minimum atomic E-state index is 0.607. The maximum Gasteiger partial charge on any atom is 0.161 e. The van der Waals surface area contributed by atoms with Gasteiger partial charge in [0.1, 0.15) is 0 Å². The highest BCUT2D eigenvalue weighted by molar-refractivity contribution is 7.80. The summed E-state index contributed by atoms with van der Waals surface area (Å²) < 4.78 is 13.0. The quantitative estimate of drug-likeness (QED) is 0.558. The molecule has 0 aliphatic carbocycles. The number of hydrogen-bond donors (Lipinski definition) is 1. The standard InChI is InChI=1S/C18H25N3O2S/c1-4-23-17-10-15(6-7-16(17)22-3)11-18(24)20-8-5-9-21-13-19-12-14(21)2/h6-7,10,12-13H,4-5,8-9,11H2,1-3H3,(H,20,24). The van der Waals surface area contributed by atoms with Crippen molar-refractivity contribution in [3.8, 4) is 11.5 Å². The molecule has 0 bridgehead atoms. The topological polar surface area (TPSA) is 48.3 Å². The van der Waals surface area contributed by atoms with Gasteiger partial charge >= 0.3 is 0 Å². The van der Waals surface area contributed by atoms with E-state index < -0.39 is 0 Å². The van der Waals surface area contributed by atoms with E-state index in [4.69, 9.17) is 21.7 Å². The SMILES string of the molecule is CCOc1cc(CC(=S)NCCCn2cncc2C)ccc1OC. The second-order valence-electron chi connectivity index (χ2n) is 5.53. The molecule has 1 heterocycles. The summed E-state index contributed by atoms with van der Waals surface area (Å²) in [6.07, 6.45) is 5.44. The highest BCUT2D eigenvalue weighted by Gasteiger charge is 2.07. The van der Waals surface area contributed by atoms with Gasteiger partial charge in [0.15, 0.2) is 11.5 Å². The van der Waals surface area contributed by atoms with Crippen LogP contribution in [0.2, 0.25) is 0 Å². The summed E-state index contributed by atoms with van der Waals surface area (Å²) in [7, 11) is 1.64. The molecule has 0 atom stereocenters. The highest BCUT2D eigenvalue weighted by atomic mass is 32.1. The summed E-state index contributed by atoms with van der Waals surface area (Å²) in [5.41, 5.74) is 2.29. The van der Waals surface area contributed by atoms with Gasteiger partial charge in [-0.2, -0.15) is 0 Å². The van der Waals surface area contributed by atoms with E-state index in [1.165, 1.54) is 5.69 Å². The zero-order valence-corrected chi connectivity index (χ0v) is 15.4. The van der Waals surface area contributed by atoms with Gasteiger partial charge in [-0.3, -0.25) is 0 Å². The molecular formula is C18H25N3O2S. The van der Waals surface area contributed by atoms with Crippen LogP contribution in [0.1, 0.15) is 24.6 Å². The average molecular weight is 347 g/mol. The van der Waals surface area contributed by atoms with Gasteiger partial charge in [0.2, 0.25) is 0 Å². The van der Waals surface area contributed by atoms with E-state index in [9.17, 15) is 0 Å². The van der Waals surface area contributed by atoms with E-state index in [0.717, 1.165) is 41.6 Å². The third-order valence-corrected chi connectivity index (χ3v) is 4.00. The molecule has 0 fully saturated rings. The number of rotatable bonds is 9. The van der Waals surface area contributed by atoms with Crippen LogP contribution in [0, 0.1) is 6.92 Å². The first-order valence-corrected chi connectivity index (χ1v) is 8.58. The maximum atomic E-state index is 5.60. The lowest BCUT2D eigenvalue weighted by Crippen LogP contribution is -2.25. The smallest absolute Gasteiger partial charge is 0.161 e. The first-order valence-electron chi connectivity index (χ1n) is 8.17. The van der Waals surface area contributed by atoms with Gasteiger partial charge in [-0.05, 0) is 38.0 Å². The number of aryl methyl sites for hydroxylation is 2. The minimum Gasteiger partial charge on any atom is -0.493 e. The van der Waals surface area contributed by atoms with Gasteiger partial charge in [-0.15, -0.1) is 0 Å². The maximum absolute atomic E-state index is 5.60. The lowest BCUT2D eigenvalue weighted by atomic mass is 10.1. The summed E-state index contributed by atoms with van der Waals surface area (Å²) in [6, 6.07) is 5.93. The van der Waals surface area contributed by atoms with Crippen molar-refractivity contribution in [1.82, 2.24) is 14.9 Å². The van der Waals surface area contributed by atoms with Gasteiger partial charge in [0.25, 0.3) is 0 Å². The molecule has 2 rings (SSSR count). The van der Waals surface area contributed by atoms with Gasteiger partial charge in [0, 0.05) is 31.4 Å². The summed E-state index contributed by atoms with van der Waals surface area (Å²) in [6.45, 7) is 6.42. The molecule has 0 saturated carbocycles. The van der Waals surface area contributed by atoms with Crippen molar-refractivity contribution in [2.75, 3.05) is 20.3 Å². The molecule has 6 heteroatoms. The molecule has 130 valence electrons. The van der Waals surface area contributed by atoms with Crippen molar-refractivity contribution in [2.45, 2.75) is 33.2 Å². The largest absolute Gasteiger partial charge is 0.493 e. The van der Waals surface area contributed by atoms with Gasteiger partial charge < -0.3 is 19.4 Å². The van der Waals surface area contributed by atoms with Crippen molar-refractivity contribution in [1.29, 1.82) is 0 Å². The number of ether oxygens (including phenoxy) is 2. The molecule has 24 heavy (non-hydrogen) atoms. The molecule has 0 unspecified atom stereocenters. The van der Waals surface area contributed by atoms with Crippen LogP contribution in [0.5, 0.6) is 11.5 Å². The van der Waals surface area contributed by atoms with Gasteiger partial charge in [-0.1, -0.05) is 18.3 Å². The van der Waals surface area contributed by atoms with Crippen LogP contribution < -0.4 is 14.8 Å². The number of thiocarbonyl (C=S) groups is 1. The number of imidazole rings is 1. The number of hydrogen-bond acceptors (Lipinski definition) is 4. The van der Waals surface area contributed by atoms with E-state index in [-0.39, 0.29) is 0 Å². The molecule has 0 spiro atoms. The Kier molecular flexibility index (Phi) is 7.06. The molecule has 0 saturated heterocycles. The minimum absolute atomic E-state index is 0.607. The molecule has 0 aliphatic heterocycles. The summed E-state index contributed by atoms with van der Waals surface area (Å²) >= 11 is 5.44. The number of methoxy groups -OCH3 is 1. The fraction of sp³-hybridized carbons (Fsp3) is 0.444. The molecule has 0 radical (unpaired) electrons. The molecule has 0 aliphatic rings. The Labute approximate surface area is 149 Å². The Balaban J connectivity index is 1.79. The normalized spacial score (nSPS) is 10.5. The molecule has 1 N–H and O–H groups in total. The van der Waals surface area contributed by atoms with Crippen molar-refractivity contribution in [3.05, 3.63) is 42.0 Å². The Bertz CT molecular complexity index is 670. The monoisotopic (exact) mass is 347 g/mol. The molecule has 1 aromatic heterocycles. The van der Waals surface area contributed by atoms with Crippen LogP contribution in [-0.4, -0.2) is 34.8 Å². The average Bonchev–Trinajstić information content (AvgIpc) is 2.97. The Morgan fingerprint density at radius 1 is 1.33 bits per heavy atom. The van der Waals surface area contributed by atoms with Crippen molar-refractivity contribution >= 4 is 17.2 Å². The third kappa shape index (κ3) is 5.23. The lowest BCUT2D eigenvalue weighted by molar-refractivity contribution is 0.310. The zero-order valence-electron chi connectivity index (χ0n) is 14.5. The van der Waals surface area contributed by atoms with E-state index in [1.807, 2.05) is 37.6 Å². The van der Waals surface area contributed by atoms with Gasteiger partial charge in [0.05, 0.1) is 25.0 Å². The number of aromatic nitrogens is 2. The van der Waals surface area contributed by atoms with Gasteiger partial charge in [-0.25, -0.2) is 4.98 Å². The first-order chi connectivity index (χ1) is 11.6. The van der Waals surface area contributed by atoms with E-state index in [2.05, 4.69) is 21.8 Å². The van der Waals surface area contributed by atoms with Crippen molar-refractivity contribution in [2.24, 2.45) is 0 Å². The lowest BCUT2D eigenvalue weighted by Gasteiger charge is -2.12. The Morgan fingerprint density at radius 3 is 2.83 bits per heavy atom. The van der Waals surface area contributed by atoms with Crippen LogP contribution in [0.15, 0.2) is 30.7 Å². The second-order valence-corrected chi connectivity index (χ2v) is 6.02. The predicted octanol–water partition coefficient (Wildman–Crippen LogP) is 3.15. The van der Waals surface area contributed by atoms with E-state index in [1.54, 1.807) is 7.11 Å². The van der Waals surface area contributed by atoms with Crippen LogP contribution in [0.4, 0.5) is 0 Å². The zero-order chi connectivity index (χ0) is 17.4. The Hall–Kier alpha value is -2.08. The van der Waals surface area contributed by atoms with E-state index >= 15 is 0 Å². The fourth-order valence-corrected chi connectivity index (χ4v) is 2.71. The Morgan fingerprint density at radius 2 is 2.17 bits per heavy atom. The summed E-state index contributed by atoms with van der Waals surface area (Å²) in [5.74, 6) is 1.51. The number of benzene rings is 1. The van der Waals surface area contributed by atoms with Crippen molar-refractivity contribution < 1.29 is 9.47 Å². The van der Waals surface area contributed by atoms with Crippen LogP contribution in [0.25, 0.3) is 0 Å². The molecule has 0 amide bonds. The molecule has 5 nitrogen and oxygen atoms in total. The second kappa shape index (κ2) is 9.27. The van der Waals surface area contributed by atoms with Crippen molar-refractivity contribution in [3.63, 3.8) is 0 Å². The van der Waals surface area contributed by atoms with Crippen LogP contribution in [0.3, 0.4) is 0 Å². The fourth-order valence-electron chi connectivity index (χ4n) is 2.45. The summed E-state index contributed by atoms with van der Waals surface area (Å²) in [4.78, 5) is 4.96. The highest BCUT2D eigenvalue weighted by Crippen LogP contribution is 2.28. The summed E-state index contributed by atoms with van der Waals surface area (Å²) in [5, 5.41) is 3.32. The number of nitrogens with zero attached hydrogens (tertiary/aromatic N) is 2. The molecule has 2 aromatic rings. The van der Waals surface area contributed by atoms with Crippen LogP contribution >= 0.6 is 12.2 Å². The van der Waals surface area contributed by atoms with Crippen LogP contribution in [-0.2, 0) is 13.0 Å². The predicted molar refractivity (Wildman–Crippen MR) is 100 cm³/mol.